The Morgan fingerprint density at radius 3 is 2.20 bits per heavy atom. The van der Waals surface area contributed by atoms with Crippen LogP contribution in [0.15, 0.2) is 4.99 Å². The third kappa shape index (κ3) is 11.3. The summed E-state index contributed by atoms with van der Waals surface area (Å²) in [6.07, 6.45) is 1.05. The standard InChI is InChI=1S/C17H37N3O3S.HI/c1-8-18-16(19-11-10-15(14(3)4)23-9-2)20-12-13-24(21,22)17(5,6)7;/h14-15H,8-13H2,1-7H3,(H2,18,19,20);1H. The maximum Gasteiger partial charge on any atom is 0.191 e. The number of rotatable bonds is 10. The van der Waals surface area contributed by atoms with Crippen molar-refractivity contribution >= 4 is 39.8 Å². The van der Waals surface area contributed by atoms with Gasteiger partial charge in [-0.2, -0.15) is 0 Å². The van der Waals surface area contributed by atoms with Gasteiger partial charge in [-0.3, -0.25) is 4.99 Å². The van der Waals surface area contributed by atoms with Gasteiger partial charge in [-0.1, -0.05) is 13.8 Å². The van der Waals surface area contributed by atoms with Crippen LogP contribution < -0.4 is 10.6 Å². The molecule has 6 nitrogen and oxygen atoms in total. The normalized spacial score (nSPS) is 14.2. The van der Waals surface area contributed by atoms with E-state index in [2.05, 4.69) is 29.5 Å². The molecule has 0 fully saturated rings. The van der Waals surface area contributed by atoms with Crippen molar-refractivity contribution in [2.45, 2.75) is 65.7 Å². The van der Waals surface area contributed by atoms with E-state index in [-0.39, 0.29) is 35.8 Å². The van der Waals surface area contributed by atoms with Crippen molar-refractivity contribution in [3.8, 4) is 0 Å². The quantitative estimate of drug-likeness (QED) is 0.279. The summed E-state index contributed by atoms with van der Waals surface area (Å²) in [5.41, 5.74) is 0. The van der Waals surface area contributed by atoms with Crippen LogP contribution in [0.3, 0.4) is 0 Å². The summed E-state index contributed by atoms with van der Waals surface area (Å²) < 4.78 is 29.2. The lowest BCUT2D eigenvalue weighted by molar-refractivity contribution is 0.0266. The van der Waals surface area contributed by atoms with Crippen molar-refractivity contribution in [2.24, 2.45) is 10.9 Å². The molecule has 0 radical (unpaired) electrons. The van der Waals surface area contributed by atoms with Gasteiger partial charge in [0.05, 0.1) is 16.6 Å². The van der Waals surface area contributed by atoms with Crippen LogP contribution in [-0.2, 0) is 14.6 Å². The molecule has 0 bridgehead atoms. The van der Waals surface area contributed by atoms with Crippen molar-refractivity contribution < 1.29 is 13.2 Å². The Morgan fingerprint density at radius 1 is 1.16 bits per heavy atom. The lowest BCUT2D eigenvalue weighted by Gasteiger charge is -2.21. The van der Waals surface area contributed by atoms with E-state index in [0.29, 0.717) is 31.6 Å². The first-order chi connectivity index (χ1) is 11.0. The highest BCUT2D eigenvalue weighted by atomic mass is 127. The minimum atomic E-state index is -3.13. The monoisotopic (exact) mass is 491 g/mol. The first-order valence-electron chi connectivity index (χ1n) is 8.91. The minimum absolute atomic E-state index is 0. The molecule has 152 valence electrons. The SMILES string of the molecule is CCNC(=NCCC(OCC)C(C)C)NCCS(=O)(=O)C(C)(C)C.I. The molecule has 8 heteroatoms. The van der Waals surface area contributed by atoms with E-state index in [0.717, 1.165) is 13.0 Å². The number of sulfone groups is 1. The summed E-state index contributed by atoms with van der Waals surface area (Å²) in [6, 6.07) is 0. The number of ether oxygens (including phenoxy) is 1. The van der Waals surface area contributed by atoms with E-state index < -0.39 is 14.6 Å². The van der Waals surface area contributed by atoms with Gasteiger partial charge in [-0.25, -0.2) is 8.42 Å². The van der Waals surface area contributed by atoms with Crippen LogP contribution in [0, 0.1) is 5.92 Å². The Hall–Kier alpha value is -0.0900. The van der Waals surface area contributed by atoms with Crippen LogP contribution in [0.25, 0.3) is 0 Å². The average Bonchev–Trinajstić information content (AvgIpc) is 2.44. The Labute approximate surface area is 171 Å². The Morgan fingerprint density at radius 2 is 1.76 bits per heavy atom. The number of aliphatic imine (C=N–C) groups is 1. The Balaban J connectivity index is 0. The van der Waals surface area contributed by atoms with Gasteiger partial charge >= 0.3 is 0 Å². The molecule has 0 amide bonds. The van der Waals surface area contributed by atoms with Crippen molar-refractivity contribution in [1.29, 1.82) is 0 Å². The van der Waals surface area contributed by atoms with Gasteiger partial charge in [-0.15, -0.1) is 24.0 Å². The van der Waals surface area contributed by atoms with E-state index >= 15 is 0 Å². The summed E-state index contributed by atoms with van der Waals surface area (Å²) in [5.74, 6) is 1.20. The molecule has 0 aromatic heterocycles. The largest absolute Gasteiger partial charge is 0.378 e. The minimum Gasteiger partial charge on any atom is -0.378 e. The van der Waals surface area contributed by atoms with Gasteiger partial charge < -0.3 is 15.4 Å². The van der Waals surface area contributed by atoms with Crippen LogP contribution in [-0.4, -0.2) is 57.2 Å². The van der Waals surface area contributed by atoms with E-state index in [1.807, 2.05) is 13.8 Å². The number of nitrogens with one attached hydrogen (secondary N) is 2. The molecule has 0 aliphatic heterocycles. The van der Waals surface area contributed by atoms with Crippen molar-refractivity contribution in [1.82, 2.24) is 10.6 Å². The highest BCUT2D eigenvalue weighted by molar-refractivity contribution is 14.0. The lowest BCUT2D eigenvalue weighted by Crippen LogP contribution is -2.42. The molecule has 0 heterocycles. The molecule has 0 aromatic rings. The summed E-state index contributed by atoms with van der Waals surface area (Å²) in [7, 11) is -3.13. The Kier molecular flexibility index (Phi) is 14.3. The number of hydrogen-bond acceptors (Lipinski definition) is 4. The predicted molar refractivity (Wildman–Crippen MR) is 118 cm³/mol. The highest BCUT2D eigenvalue weighted by Gasteiger charge is 2.28. The molecule has 1 atom stereocenters. The molecule has 0 saturated carbocycles. The van der Waals surface area contributed by atoms with E-state index in [1.165, 1.54) is 0 Å². The lowest BCUT2D eigenvalue weighted by atomic mass is 10.0. The summed E-state index contributed by atoms with van der Waals surface area (Å²) in [4.78, 5) is 4.52. The van der Waals surface area contributed by atoms with Crippen LogP contribution in [0.4, 0.5) is 0 Å². The zero-order valence-corrected chi connectivity index (χ0v) is 20.0. The smallest absolute Gasteiger partial charge is 0.191 e. The van der Waals surface area contributed by atoms with Gasteiger partial charge in [0.1, 0.15) is 0 Å². The number of halogens is 1. The number of hydrogen-bond donors (Lipinski definition) is 2. The van der Waals surface area contributed by atoms with E-state index in [4.69, 9.17) is 4.74 Å². The van der Waals surface area contributed by atoms with Crippen LogP contribution in [0.2, 0.25) is 0 Å². The summed E-state index contributed by atoms with van der Waals surface area (Å²) in [5, 5.41) is 6.25. The third-order valence-corrected chi connectivity index (χ3v) is 6.36. The molecule has 0 rings (SSSR count). The number of guanidine groups is 1. The highest BCUT2D eigenvalue weighted by Crippen LogP contribution is 2.15. The maximum atomic E-state index is 12.1. The van der Waals surface area contributed by atoms with Crippen LogP contribution >= 0.6 is 24.0 Å². The molecule has 0 aliphatic carbocycles. The van der Waals surface area contributed by atoms with Gasteiger partial charge in [-0.05, 0) is 47.0 Å². The molecule has 0 aliphatic rings. The molecule has 25 heavy (non-hydrogen) atoms. The van der Waals surface area contributed by atoms with Gasteiger partial charge in [0.2, 0.25) is 0 Å². The first kappa shape index (κ1) is 27.1. The predicted octanol–water partition coefficient (Wildman–Crippen LogP) is 2.82. The second kappa shape index (κ2) is 13.1. The molecular formula is C17H38IN3O3S. The zero-order valence-electron chi connectivity index (χ0n) is 16.9. The van der Waals surface area contributed by atoms with Crippen molar-refractivity contribution in [2.75, 3.05) is 32.0 Å². The molecule has 1 unspecified atom stereocenters. The van der Waals surface area contributed by atoms with Crippen molar-refractivity contribution in [3.63, 3.8) is 0 Å². The molecule has 0 aromatic carbocycles. The Bertz CT molecular complexity index is 474. The fourth-order valence-electron chi connectivity index (χ4n) is 2.08. The fourth-order valence-corrected chi connectivity index (χ4v) is 3.06. The summed E-state index contributed by atoms with van der Waals surface area (Å²) >= 11 is 0. The van der Waals surface area contributed by atoms with Crippen LogP contribution in [0.5, 0.6) is 0 Å². The topological polar surface area (TPSA) is 79.8 Å². The van der Waals surface area contributed by atoms with E-state index in [9.17, 15) is 8.42 Å². The zero-order chi connectivity index (χ0) is 18.8. The number of nitrogens with zero attached hydrogens (tertiary/aromatic N) is 1. The molecule has 0 saturated heterocycles. The van der Waals surface area contributed by atoms with Crippen LogP contribution in [0.1, 0.15) is 54.9 Å². The summed E-state index contributed by atoms with van der Waals surface area (Å²) in [6.45, 7) is 15.9. The average molecular weight is 491 g/mol. The van der Waals surface area contributed by atoms with Crippen molar-refractivity contribution in [3.05, 3.63) is 0 Å². The second-order valence-corrected chi connectivity index (χ2v) is 10.0. The third-order valence-electron chi connectivity index (χ3n) is 3.75. The van der Waals surface area contributed by atoms with Gasteiger partial charge in [0, 0.05) is 26.2 Å². The maximum absolute atomic E-state index is 12.1. The van der Waals surface area contributed by atoms with Gasteiger partial charge in [0.15, 0.2) is 15.8 Å². The first-order valence-corrected chi connectivity index (χ1v) is 10.6. The fraction of sp³-hybridized carbons (Fsp3) is 0.941. The molecule has 2 N–H and O–H groups in total. The molecular weight excluding hydrogens is 453 g/mol. The second-order valence-electron chi connectivity index (χ2n) is 7.15. The van der Waals surface area contributed by atoms with Gasteiger partial charge in [0.25, 0.3) is 0 Å². The molecule has 0 spiro atoms. The van der Waals surface area contributed by atoms with E-state index in [1.54, 1.807) is 20.8 Å².